The predicted octanol–water partition coefficient (Wildman–Crippen LogP) is 3.71. The van der Waals surface area contributed by atoms with Crippen molar-refractivity contribution in [1.82, 2.24) is 10.6 Å². The fourth-order valence-electron chi connectivity index (χ4n) is 2.88. The molecule has 2 N–H and O–H groups in total. The number of benzene rings is 2. The lowest BCUT2D eigenvalue weighted by Gasteiger charge is -2.28. The van der Waals surface area contributed by atoms with Crippen LogP contribution in [0, 0.1) is 3.57 Å². The molecule has 26 heavy (non-hydrogen) atoms. The van der Waals surface area contributed by atoms with Gasteiger partial charge in [-0.2, -0.15) is 0 Å². The van der Waals surface area contributed by atoms with E-state index in [0.29, 0.717) is 17.7 Å². The van der Waals surface area contributed by atoms with Crippen molar-refractivity contribution >= 4 is 34.6 Å². The number of amides is 2. The van der Waals surface area contributed by atoms with Crippen LogP contribution in [0.5, 0.6) is 0 Å². The van der Waals surface area contributed by atoms with Crippen molar-refractivity contribution in [2.45, 2.75) is 19.4 Å². The second-order valence-electron chi connectivity index (χ2n) is 6.00. The molecule has 0 aliphatic carbocycles. The minimum atomic E-state index is -0.525. The molecule has 0 saturated carbocycles. The summed E-state index contributed by atoms with van der Waals surface area (Å²) in [6, 6.07) is 16.7. The second-order valence-corrected chi connectivity index (χ2v) is 7.24. The van der Waals surface area contributed by atoms with Gasteiger partial charge >= 0.3 is 12.0 Å². The van der Waals surface area contributed by atoms with Gasteiger partial charge in [-0.1, -0.05) is 42.5 Å². The Morgan fingerprint density at radius 1 is 1.15 bits per heavy atom. The molecule has 1 unspecified atom stereocenters. The number of halogens is 1. The zero-order valence-corrected chi connectivity index (χ0v) is 16.4. The third kappa shape index (κ3) is 4.43. The van der Waals surface area contributed by atoms with Crippen LogP contribution >= 0.6 is 22.6 Å². The van der Waals surface area contributed by atoms with E-state index in [2.05, 4.69) is 33.2 Å². The van der Waals surface area contributed by atoms with Crippen molar-refractivity contribution in [2.75, 3.05) is 6.61 Å². The van der Waals surface area contributed by atoms with Crippen molar-refractivity contribution in [3.05, 3.63) is 80.6 Å². The van der Waals surface area contributed by atoms with E-state index < -0.39 is 12.0 Å². The quantitative estimate of drug-likeness (QED) is 0.526. The van der Waals surface area contributed by atoms with Gasteiger partial charge in [0.25, 0.3) is 0 Å². The zero-order chi connectivity index (χ0) is 18.5. The average Bonchev–Trinajstić information content (AvgIpc) is 2.62. The number of ether oxygens (including phenoxy) is 1. The lowest BCUT2D eigenvalue weighted by Crippen LogP contribution is -2.45. The van der Waals surface area contributed by atoms with E-state index in [9.17, 15) is 9.59 Å². The summed E-state index contributed by atoms with van der Waals surface area (Å²) in [5.74, 6) is -0.421. The Hall–Kier alpha value is -2.35. The highest BCUT2D eigenvalue weighted by Gasteiger charge is 2.32. The number of nitrogens with one attached hydrogen (secondary N) is 2. The maximum atomic E-state index is 12.7. The summed E-state index contributed by atoms with van der Waals surface area (Å²) >= 11 is 2.21. The number of hydrogen-bond acceptors (Lipinski definition) is 3. The molecule has 3 rings (SSSR count). The molecular formula is C20H19IN2O3. The van der Waals surface area contributed by atoms with E-state index in [1.165, 1.54) is 0 Å². The third-order valence-electron chi connectivity index (χ3n) is 4.14. The summed E-state index contributed by atoms with van der Waals surface area (Å²) < 4.78 is 6.51. The molecule has 1 atom stereocenters. The molecule has 0 radical (unpaired) electrons. The van der Waals surface area contributed by atoms with Crippen molar-refractivity contribution in [3.63, 3.8) is 0 Å². The van der Waals surface area contributed by atoms with Crippen LogP contribution in [0.4, 0.5) is 4.79 Å². The second kappa shape index (κ2) is 8.35. The van der Waals surface area contributed by atoms with E-state index in [0.717, 1.165) is 14.7 Å². The number of hydrogen-bond donors (Lipinski definition) is 2. The standard InChI is InChI=1S/C20H19IN2O3/c1-13-17(19(24)26-11-10-14-6-3-2-4-7-14)18(23-20(25)22-13)15-8-5-9-16(21)12-15/h2-9,12,18H,10-11H2,1H3,(H2,22,23,25). The van der Waals surface area contributed by atoms with Gasteiger partial charge in [0.1, 0.15) is 0 Å². The van der Waals surface area contributed by atoms with E-state index >= 15 is 0 Å². The van der Waals surface area contributed by atoms with Crippen LogP contribution in [0.2, 0.25) is 0 Å². The van der Waals surface area contributed by atoms with E-state index in [1.54, 1.807) is 6.92 Å². The van der Waals surface area contributed by atoms with Crippen molar-refractivity contribution < 1.29 is 14.3 Å². The lowest BCUT2D eigenvalue weighted by atomic mass is 9.96. The highest BCUT2D eigenvalue weighted by atomic mass is 127. The third-order valence-corrected chi connectivity index (χ3v) is 4.81. The number of carbonyl (C=O) groups is 2. The van der Waals surface area contributed by atoms with Crippen LogP contribution in [0.1, 0.15) is 24.1 Å². The minimum absolute atomic E-state index is 0.284. The number of urea groups is 1. The molecular weight excluding hydrogens is 443 g/mol. The van der Waals surface area contributed by atoms with Gasteiger partial charge in [0, 0.05) is 15.7 Å². The SMILES string of the molecule is CC1=C(C(=O)OCCc2ccccc2)C(c2cccc(I)c2)NC(=O)N1. The average molecular weight is 462 g/mol. The van der Waals surface area contributed by atoms with E-state index in [4.69, 9.17) is 4.74 Å². The molecule has 134 valence electrons. The lowest BCUT2D eigenvalue weighted by molar-refractivity contribution is -0.139. The topological polar surface area (TPSA) is 67.4 Å². The number of rotatable bonds is 5. The van der Waals surface area contributed by atoms with Gasteiger partial charge < -0.3 is 15.4 Å². The van der Waals surface area contributed by atoms with Gasteiger partial charge in [0.2, 0.25) is 0 Å². The Morgan fingerprint density at radius 3 is 2.65 bits per heavy atom. The number of esters is 1. The Morgan fingerprint density at radius 2 is 1.92 bits per heavy atom. The molecule has 1 heterocycles. The summed E-state index contributed by atoms with van der Waals surface area (Å²) in [5.41, 5.74) is 2.90. The molecule has 2 aromatic carbocycles. The van der Waals surface area contributed by atoms with Crippen LogP contribution in [-0.2, 0) is 16.0 Å². The van der Waals surface area contributed by atoms with Crippen LogP contribution in [0.3, 0.4) is 0 Å². The van der Waals surface area contributed by atoms with Crippen molar-refractivity contribution in [3.8, 4) is 0 Å². The molecule has 2 amide bonds. The number of allylic oxidation sites excluding steroid dienone is 1. The van der Waals surface area contributed by atoms with Crippen LogP contribution in [-0.4, -0.2) is 18.6 Å². The number of carbonyl (C=O) groups excluding carboxylic acids is 2. The highest BCUT2D eigenvalue weighted by molar-refractivity contribution is 14.1. The predicted molar refractivity (Wildman–Crippen MR) is 107 cm³/mol. The Labute approximate surface area is 166 Å². The molecule has 5 nitrogen and oxygen atoms in total. The van der Waals surface area contributed by atoms with Gasteiger partial charge in [-0.15, -0.1) is 0 Å². The summed E-state index contributed by atoms with van der Waals surface area (Å²) in [7, 11) is 0. The minimum Gasteiger partial charge on any atom is -0.462 e. The van der Waals surface area contributed by atoms with Gasteiger partial charge in [-0.3, -0.25) is 0 Å². The Balaban J connectivity index is 1.76. The Kier molecular flexibility index (Phi) is 5.92. The first-order valence-electron chi connectivity index (χ1n) is 8.29. The Bertz CT molecular complexity index is 849. The van der Waals surface area contributed by atoms with E-state index in [-0.39, 0.29) is 12.6 Å². The molecule has 0 saturated heterocycles. The maximum Gasteiger partial charge on any atom is 0.338 e. The smallest absolute Gasteiger partial charge is 0.338 e. The summed E-state index contributed by atoms with van der Waals surface area (Å²) in [5, 5.41) is 5.48. The van der Waals surface area contributed by atoms with Gasteiger partial charge in [0.05, 0.1) is 18.2 Å². The fraction of sp³-hybridized carbons (Fsp3) is 0.200. The van der Waals surface area contributed by atoms with Gasteiger partial charge in [0.15, 0.2) is 0 Å². The summed E-state index contributed by atoms with van der Waals surface area (Å²) in [6.45, 7) is 2.00. The van der Waals surface area contributed by atoms with Gasteiger partial charge in [-0.25, -0.2) is 9.59 Å². The van der Waals surface area contributed by atoms with Crippen LogP contribution in [0.15, 0.2) is 65.9 Å². The first-order chi connectivity index (χ1) is 12.5. The van der Waals surface area contributed by atoms with Gasteiger partial charge in [-0.05, 0) is 52.8 Å². The molecule has 1 aliphatic heterocycles. The van der Waals surface area contributed by atoms with Crippen LogP contribution < -0.4 is 10.6 Å². The first-order valence-corrected chi connectivity index (χ1v) is 9.37. The highest BCUT2D eigenvalue weighted by Crippen LogP contribution is 2.28. The maximum absolute atomic E-state index is 12.7. The first kappa shape index (κ1) is 18.4. The molecule has 0 aromatic heterocycles. The van der Waals surface area contributed by atoms with Crippen LogP contribution in [0.25, 0.3) is 0 Å². The largest absolute Gasteiger partial charge is 0.462 e. The monoisotopic (exact) mass is 462 g/mol. The molecule has 0 fully saturated rings. The molecule has 1 aliphatic rings. The van der Waals surface area contributed by atoms with E-state index in [1.807, 2.05) is 54.6 Å². The fourth-order valence-corrected chi connectivity index (χ4v) is 3.45. The molecule has 0 spiro atoms. The van der Waals surface area contributed by atoms with Crippen molar-refractivity contribution in [1.29, 1.82) is 0 Å². The summed E-state index contributed by atoms with van der Waals surface area (Å²) in [6.07, 6.45) is 0.645. The molecule has 2 aromatic rings. The van der Waals surface area contributed by atoms with Crippen molar-refractivity contribution in [2.24, 2.45) is 0 Å². The molecule has 6 heteroatoms. The zero-order valence-electron chi connectivity index (χ0n) is 14.3. The molecule has 0 bridgehead atoms. The summed E-state index contributed by atoms with van der Waals surface area (Å²) in [4.78, 5) is 24.6. The normalized spacial score (nSPS) is 16.7.